The van der Waals surface area contributed by atoms with Crippen molar-refractivity contribution in [3.8, 4) is 0 Å². The molecule has 2 rings (SSSR count). The minimum absolute atomic E-state index is 0.00593. The van der Waals surface area contributed by atoms with Crippen LogP contribution in [0, 0.1) is 0 Å². The molecule has 0 atom stereocenters. The second-order valence-electron chi connectivity index (χ2n) is 2.85. The van der Waals surface area contributed by atoms with Crippen LogP contribution in [-0.4, -0.2) is 16.8 Å². The van der Waals surface area contributed by atoms with Gasteiger partial charge in [0.1, 0.15) is 5.52 Å². The Bertz CT molecular complexity index is 535. The summed E-state index contributed by atoms with van der Waals surface area (Å²) >= 11 is -0.244. The summed E-state index contributed by atoms with van der Waals surface area (Å²) in [4.78, 5) is 14.1. The van der Waals surface area contributed by atoms with Crippen LogP contribution >= 0.6 is 11.8 Å². The maximum Gasteiger partial charge on any atom is 0.446 e. The molecule has 3 nitrogen and oxygen atoms in total. The van der Waals surface area contributed by atoms with Gasteiger partial charge in [-0.25, -0.2) is 4.98 Å². The van der Waals surface area contributed by atoms with Gasteiger partial charge in [0.2, 0.25) is 6.29 Å². The Hall–Kier alpha value is -1.50. The molecule has 0 fully saturated rings. The number of hydrogen-bond donors (Lipinski definition) is 0. The molecule has 0 saturated heterocycles. The first-order chi connectivity index (χ1) is 7.48. The summed E-state index contributed by atoms with van der Waals surface area (Å²) in [7, 11) is 0. The van der Waals surface area contributed by atoms with Crippen molar-refractivity contribution >= 4 is 29.1 Å². The van der Waals surface area contributed by atoms with E-state index in [1.807, 2.05) is 0 Å². The van der Waals surface area contributed by atoms with E-state index in [-0.39, 0.29) is 28.1 Å². The average molecular weight is 247 g/mol. The van der Waals surface area contributed by atoms with Crippen LogP contribution in [0.15, 0.2) is 27.5 Å². The van der Waals surface area contributed by atoms with E-state index in [1.54, 1.807) is 0 Å². The van der Waals surface area contributed by atoms with Crippen LogP contribution in [0.25, 0.3) is 11.1 Å². The van der Waals surface area contributed by atoms with Crippen molar-refractivity contribution in [2.45, 2.75) is 10.4 Å². The van der Waals surface area contributed by atoms with Gasteiger partial charge in [0.25, 0.3) is 5.89 Å². The van der Waals surface area contributed by atoms with Gasteiger partial charge < -0.3 is 4.42 Å². The molecule has 1 aromatic carbocycles. The summed E-state index contributed by atoms with van der Waals surface area (Å²) in [6.07, 6.45) is 0.399. The molecule has 0 aliphatic heterocycles. The van der Waals surface area contributed by atoms with Crippen molar-refractivity contribution < 1.29 is 22.4 Å². The summed E-state index contributed by atoms with van der Waals surface area (Å²) in [5.41, 5.74) is -3.83. The summed E-state index contributed by atoms with van der Waals surface area (Å²) in [5.74, 6) is -0.149. The van der Waals surface area contributed by atoms with E-state index >= 15 is 0 Å². The molecular weight excluding hydrogens is 243 g/mol. The first-order valence-corrected chi connectivity index (χ1v) is 4.91. The quantitative estimate of drug-likeness (QED) is 0.603. The van der Waals surface area contributed by atoms with Crippen LogP contribution in [0.5, 0.6) is 0 Å². The Morgan fingerprint density at radius 2 is 2.12 bits per heavy atom. The Labute approximate surface area is 91.6 Å². The van der Waals surface area contributed by atoms with Crippen molar-refractivity contribution in [3.05, 3.63) is 24.1 Å². The molecule has 0 radical (unpaired) electrons. The standard InChI is InChI=1S/C9H4F3NO2S/c10-9(11,12)16-5-1-2-6-7(3-5)15-8(4-14)13-6/h1-4H. The Morgan fingerprint density at radius 3 is 2.75 bits per heavy atom. The number of fused-ring (bicyclic) bond motifs is 1. The monoisotopic (exact) mass is 247 g/mol. The zero-order valence-electron chi connectivity index (χ0n) is 7.62. The molecule has 1 heterocycles. The van der Waals surface area contributed by atoms with Crippen LogP contribution in [0.4, 0.5) is 13.2 Å². The zero-order chi connectivity index (χ0) is 11.8. The molecule has 7 heteroatoms. The highest BCUT2D eigenvalue weighted by atomic mass is 32.2. The van der Waals surface area contributed by atoms with Crippen LogP contribution in [0.1, 0.15) is 10.7 Å². The lowest BCUT2D eigenvalue weighted by Gasteiger charge is -2.04. The minimum atomic E-state index is -4.35. The highest BCUT2D eigenvalue weighted by Crippen LogP contribution is 2.37. The van der Waals surface area contributed by atoms with Gasteiger partial charge in [-0.05, 0) is 30.0 Å². The van der Waals surface area contributed by atoms with E-state index in [0.717, 1.165) is 0 Å². The molecule has 2 aromatic rings. The molecule has 0 spiro atoms. The minimum Gasteiger partial charge on any atom is -0.434 e. The summed E-state index contributed by atoms with van der Waals surface area (Å²) in [6, 6.07) is 3.85. The normalized spacial score (nSPS) is 11.9. The van der Waals surface area contributed by atoms with Crippen LogP contribution in [0.3, 0.4) is 0 Å². The van der Waals surface area contributed by atoms with Gasteiger partial charge in [-0.2, -0.15) is 13.2 Å². The zero-order valence-corrected chi connectivity index (χ0v) is 8.43. The lowest BCUT2D eigenvalue weighted by Crippen LogP contribution is -1.98. The van der Waals surface area contributed by atoms with E-state index in [1.165, 1.54) is 18.2 Å². The topological polar surface area (TPSA) is 43.1 Å². The predicted molar refractivity (Wildman–Crippen MR) is 51.3 cm³/mol. The lowest BCUT2D eigenvalue weighted by atomic mass is 10.3. The number of halogens is 3. The summed E-state index contributed by atoms with van der Waals surface area (Å²) < 4.78 is 41.1. The number of carbonyl (C=O) groups excluding carboxylic acids is 1. The molecule has 84 valence electrons. The molecule has 0 unspecified atom stereocenters. The van der Waals surface area contributed by atoms with E-state index < -0.39 is 5.51 Å². The third-order valence-electron chi connectivity index (χ3n) is 1.71. The average Bonchev–Trinajstić information content (AvgIpc) is 2.57. The molecule has 0 aliphatic rings. The second kappa shape index (κ2) is 3.82. The summed E-state index contributed by atoms with van der Waals surface area (Å²) in [6.45, 7) is 0. The van der Waals surface area contributed by atoms with Crippen LogP contribution in [0.2, 0.25) is 0 Å². The SMILES string of the molecule is O=Cc1nc2ccc(SC(F)(F)F)cc2o1. The molecule has 0 aliphatic carbocycles. The van der Waals surface area contributed by atoms with Gasteiger partial charge in [0, 0.05) is 4.90 Å². The Morgan fingerprint density at radius 1 is 1.38 bits per heavy atom. The second-order valence-corrected chi connectivity index (χ2v) is 3.99. The Balaban J connectivity index is 2.39. The number of oxazole rings is 1. The highest BCUT2D eigenvalue weighted by molar-refractivity contribution is 8.00. The van der Waals surface area contributed by atoms with Crippen molar-refractivity contribution in [3.63, 3.8) is 0 Å². The number of aldehydes is 1. The molecule has 0 bridgehead atoms. The van der Waals surface area contributed by atoms with E-state index in [4.69, 9.17) is 4.42 Å². The van der Waals surface area contributed by atoms with Crippen LogP contribution in [-0.2, 0) is 0 Å². The maximum absolute atomic E-state index is 12.1. The first-order valence-electron chi connectivity index (χ1n) is 4.09. The molecule has 0 N–H and O–H groups in total. The number of rotatable bonds is 2. The predicted octanol–water partition coefficient (Wildman–Crippen LogP) is 3.25. The largest absolute Gasteiger partial charge is 0.446 e. The molecule has 1 aromatic heterocycles. The first kappa shape index (κ1) is 11.0. The Kier molecular flexibility index (Phi) is 2.63. The number of alkyl halides is 3. The van der Waals surface area contributed by atoms with Gasteiger partial charge in [0.15, 0.2) is 5.58 Å². The van der Waals surface area contributed by atoms with Crippen molar-refractivity contribution in [1.29, 1.82) is 0 Å². The van der Waals surface area contributed by atoms with Gasteiger partial charge in [-0.1, -0.05) is 0 Å². The van der Waals surface area contributed by atoms with E-state index in [2.05, 4.69) is 4.98 Å². The lowest BCUT2D eigenvalue weighted by molar-refractivity contribution is -0.0328. The van der Waals surface area contributed by atoms with Gasteiger partial charge in [-0.3, -0.25) is 4.79 Å². The van der Waals surface area contributed by atoms with Gasteiger partial charge >= 0.3 is 5.51 Å². The number of benzene rings is 1. The van der Waals surface area contributed by atoms with E-state index in [0.29, 0.717) is 11.8 Å². The van der Waals surface area contributed by atoms with Gasteiger partial charge in [0.05, 0.1) is 0 Å². The fraction of sp³-hybridized carbons (Fsp3) is 0.111. The molecule has 0 saturated carbocycles. The maximum atomic E-state index is 12.1. The number of aromatic nitrogens is 1. The number of carbonyl (C=O) groups is 1. The van der Waals surface area contributed by atoms with E-state index in [9.17, 15) is 18.0 Å². The smallest absolute Gasteiger partial charge is 0.434 e. The summed E-state index contributed by atoms with van der Waals surface area (Å²) in [5, 5.41) is 0. The van der Waals surface area contributed by atoms with Crippen LogP contribution < -0.4 is 0 Å². The third kappa shape index (κ3) is 2.35. The number of thioether (sulfide) groups is 1. The van der Waals surface area contributed by atoms with Crippen molar-refractivity contribution in [2.75, 3.05) is 0 Å². The third-order valence-corrected chi connectivity index (χ3v) is 2.43. The molecular formula is C9H4F3NO2S. The number of nitrogens with zero attached hydrogens (tertiary/aromatic N) is 1. The van der Waals surface area contributed by atoms with Crippen molar-refractivity contribution in [2.24, 2.45) is 0 Å². The van der Waals surface area contributed by atoms with Gasteiger partial charge in [-0.15, -0.1) is 0 Å². The van der Waals surface area contributed by atoms with Crippen molar-refractivity contribution in [1.82, 2.24) is 4.98 Å². The highest BCUT2D eigenvalue weighted by Gasteiger charge is 2.29. The fourth-order valence-corrected chi connectivity index (χ4v) is 1.74. The molecule has 16 heavy (non-hydrogen) atoms. The molecule has 0 amide bonds. The fourth-order valence-electron chi connectivity index (χ4n) is 1.17. The number of hydrogen-bond acceptors (Lipinski definition) is 4.